The van der Waals surface area contributed by atoms with Crippen LogP contribution in [0.4, 0.5) is 5.69 Å². The number of carbonyl (C=O) groups is 1. The topological polar surface area (TPSA) is 29.1 Å². The summed E-state index contributed by atoms with van der Waals surface area (Å²) in [5, 5.41) is 4.41. The van der Waals surface area contributed by atoms with E-state index in [4.69, 9.17) is 11.6 Å². The third-order valence-corrected chi connectivity index (χ3v) is 5.45. The Kier molecular flexibility index (Phi) is 3.78. The van der Waals surface area contributed by atoms with Gasteiger partial charge in [-0.2, -0.15) is 0 Å². The summed E-state index contributed by atoms with van der Waals surface area (Å²) >= 11 is 11.0. The highest BCUT2D eigenvalue weighted by Gasteiger charge is 2.17. The summed E-state index contributed by atoms with van der Waals surface area (Å²) in [4.78, 5) is 13.0. The van der Waals surface area contributed by atoms with Crippen molar-refractivity contribution in [2.24, 2.45) is 0 Å². The number of para-hydroxylation sites is 1. The van der Waals surface area contributed by atoms with Gasteiger partial charge in [0.2, 0.25) is 0 Å². The molecule has 20 heavy (non-hydrogen) atoms. The summed E-state index contributed by atoms with van der Waals surface area (Å²) in [6, 6.07) is 15.1. The van der Waals surface area contributed by atoms with Crippen LogP contribution in [0.2, 0.25) is 5.02 Å². The smallest absolute Gasteiger partial charge is 0.266 e. The molecule has 0 spiro atoms. The van der Waals surface area contributed by atoms with Crippen molar-refractivity contribution < 1.29 is 4.79 Å². The van der Waals surface area contributed by atoms with Crippen molar-refractivity contribution in [3.8, 4) is 0 Å². The third-order valence-electron chi connectivity index (χ3n) is 2.86. The molecule has 0 aliphatic heterocycles. The Bertz CT molecular complexity index is 799. The second-order valence-electron chi connectivity index (χ2n) is 4.18. The fourth-order valence-electron chi connectivity index (χ4n) is 1.90. The highest BCUT2D eigenvalue weighted by Crippen LogP contribution is 2.36. The summed E-state index contributed by atoms with van der Waals surface area (Å²) in [5.74, 6) is -0.161. The Hall–Kier alpha value is -1.36. The van der Waals surface area contributed by atoms with Crippen LogP contribution in [0.25, 0.3) is 10.1 Å². The standard InChI is InChI=1S/C15H9BrClNOS/c16-13-9-5-1-4-8-12(9)20-14(13)15(19)18-11-7-3-2-6-10(11)17/h1-8H,(H,18,19). The molecule has 1 N–H and O–H groups in total. The Morgan fingerprint density at radius 2 is 1.80 bits per heavy atom. The summed E-state index contributed by atoms with van der Waals surface area (Å²) in [5.41, 5.74) is 0.614. The number of nitrogens with one attached hydrogen (secondary N) is 1. The summed E-state index contributed by atoms with van der Waals surface area (Å²) < 4.78 is 1.89. The van der Waals surface area contributed by atoms with Gasteiger partial charge < -0.3 is 5.32 Å². The number of hydrogen-bond donors (Lipinski definition) is 1. The lowest BCUT2D eigenvalue weighted by Crippen LogP contribution is -2.10. The molecule has 2 aromatic carbocycles. The van der Waals surface area contributed by atoms with Crippen molar-refractivity contribution >= 4 is 60.5 Å². The molecular weight excluding hydrogens is 358 g/mol. The molecule has 1 aromatic heterocycles. The minimum Gasteiger partial charge on any atom is -0.320 e. The first-order valence-corrected chi connectivity index (χ1v) is 7.88. The number of fused-ring (bicyclic) bond motifs is 1. The van der Waals surface area contributed by atoms with Crippen molar-refractivity contribution in [3.63, 3.8) is 0 Å². The molecule has 2 nitrogen and oxygen atoms in total. The van der Waals surface area contributed by atoms with Gasteiger partial charge in [-0.15, -0.1) is 11.3 Å². The lowest BCUT2D eigenvalue weighted by Gasteiger charge is -2.05. The lowest BCUT2D eigenvalue weighted by atomic mass is 10.2. The van der Waals surface area contributed by atoms with Crippen LogP contribution in [-0.2, 0) is 0 Å². The van der Waals surface area contributed by atoms with Gasteiger partial charge in [-0.1, -0.05) is 41.9 Å². The minimum atomic E-state index is -0.161. The van der Waals surface area contributed by atoms with E-state index in [2.05, 4.69) is 21.2 Å². The Morgan fingerprint density at radius 1 is 1.10 bits per heavy atom. The molecule has 0 unspecified atom stereocenters. The third kappa shape index (κ3) is 2.46. The summed E-state index contributed by atoms with van der Waals surface area (Å²) in [6.45, 7) is 0. The zero-order valence-corrected chi connectivity index (χ0v) is 13.3. The summed E-state index contributed by atoms with van der Waals surface area (Å²) in [7, 11) is 0. The van der Waals surface area contributed by atoms with Gasteiger partial charge in [-0.3, -0.25) is 4.79 Å². The molecule has 0 saturated heterocycles. The van der Waals surface area contributed by atoms with E-state index >= 15 is 0 Å². The molecular formula is C15H9BrClNOS. The number of hydrogen-bond acceptors (Lipinski definition) is 2. The quantitative estimate of drug-likeness (QED) is 0.631. The average Bonchev–Trinajstić information content (AvgIpc) is 2.79. The number of amides is 1. The zero-order chi connectivity index (χ0) is 14.1. The molecule has 0 aliphatic carbocycles. The van der Waals surface area contributed by atoms with Gasteiger partial charge >= 0.3 is 0 Å². The highest BCUT2D eigenvalue weighted by molar-refractivity contribution is 9.10. The van der Waals surface area contributed by atoms with Gasteiger partial charge in [0, 0.05) is 14.6 Å². The molecule has 1 amide bonds. The van der Waals surface area contributed by atoms with Crippen LogP contribution in [0, 0.1) is 0 Å². The zero-order valence-electron chi connectivity index (χ0n) is 10.2. The molecule has 1 heterocycles. The van der Waals surface area contributed by atoms with Gasteiger partial charge in [0.05, 0.1) is 10.7 Å². The monoisotopic (exact) mass is 365 g/mol. The number of thiophene rings is 1. The predicted molar refractivity (Wildman–Crippen MR) is 88.9 cm³/mol. The van der Waals surface area contributed by atoms with E-state index in [0.717, 1.165) is 14.6 Å². The fraction of sp³-hybridized carbons (Fsp3) is 0. The number of halogens is 2. The largest absolute Gasteiger partial charge is 0.320 e. The Balaban J connectivity index is 1.97. The van der Waals surface area contributed by atoms with E-state index in [0.29, 0.717) is 15.6 Å². The van der Waals surface area contributed by atoms with E-state index < -0.39 is 0 Å². The molecule has 0 fully saturated rings. The summed E-state index contributed by atoms with van der Waals surface area (Å²) in [6.07, 6.45) is 0. The van der Waals surface area contributed by atoms with Crippen LogP contribution < -0.4 is 5.32 Å². The van der Waals surface area contributed by atoms with Crippen LogP contribution >= 0.6 is 38.9 Å². The van der Waals surface area contributed by atoms with Crippen molar-refractivity contribution in [2.75, 3.05) is 5.32 Å². The first kappa shape index (κ1) is 13.6. The number of rotatable bonds is 2. The minimum absolute atomic E-state index is 0.161. The molecule has 0 aliphatic rings. The maximum absolute atomic E-state index is 12.4. The first-order valence-electron chi connectivity index (χ1n) is 5.90. The van der Waals surface area contributed by atoms with E-state index in [-0.39, 0.29) is 5.91 Å². The Labute approximate surface area is 133 Å². The van der Waals surface area contributed by atoms with Gasteiger partial charge in [-0.25, -0.2) is 0 Å². The molecule has 100 valence electrons. The van der Waals surface area contributed by atoms with Crippen LogP contribution in [0.15, 0.2) is 53.0 Å². The van der Waals surface area contributed by atoms with Gasteiger partial charge in [0.15, 0.2) is 0 Å². The second kappa shape index (κ2) is 5.56. The van der Waals surface area contributed by atoms with E-state index in [1.165, 1.54) is 11.3 Å². The predicted octanol–water partition coefficient (Wildman–Crippen LogP) is 5.57. The van der Waals surface area contributed by atoms with Crippen molar-refractivity contribution in [1.82, 2.24) is 0 Å². The Morgan fingerprint density at radius 3 is 2.55 bits per heavy atom. The molecule has 3 aromatic rings. The van der Waals surface area contributed by atoms with Crippen LogP contribution in [0.5, 0.6) is 0 Å². The second-order valence-corrected chi connectivity index (χ2v) is 6.43. The number of carbonyl (C=O) groups excluding carboxylic acids is 1. The highest BCUT2D eigenvalue weighted by atomic mass is 79.9. The average molecular weight is 367 g/mol. The van der Waals surface area contributed by atoms with E-state index in [9.17, 15) is 4.79 Å². The van der Waals surface area contributed by atoms with E-state index in [1.54, 1.807) is 12.1 Å². The molecule has 0 atom stereocenters. The SMILES string of the molecule is O=C(Nc1ccccc1Cl)c1sc2ccccc2c1Br. The number of anilines is 1. The van der Waals surface area contributed by atoms with Gasteiger partial charge in [-0.05, 0) is 34.1 Å². The first-order chi connectivity index (χ1) is 9.66. The normalized spacial score (nSPS) is 10.7. The molecule has 5 heteroatoms. The molecule has 0 bridgehead atoms. The van der Waals surface area contributed by atoms with Crippen LogP contribution in [0.1, 0.15) is 9.67 Å². The molecule has 3 rings (SSSR count). The van der Waals surface area contributed by atoms with Crippen molar-refractivity contribution in [1.29, 1.82) is 0 Å². The van der Waals surface area contributed by atoms with Gasteiger partial charge in [0.25, 0.3) is 5.91 Å². The maximum Gasteiger partial charge on any atom is 0.266 e. The van der Waals surface area contributed by atoms with Gasteiger partial charge in [0.1, 0.15) is 4.88 Å². The fourth-order valence-corrected chi connectivity index (χ4v) is 3.97. The van der Waals surface area contributed by atoms with Crippen LogP contribution in [0.3, 0.4) is 0 Å². The van der Waals surface area contributed by atoms with E-state index in [1.807, 2.05) is 36.4 Å². The maximum atomic E-state index is 12.4. The van der Waals surface area contributed by atoms with Crippen molar-refractivity contribution in [2.45, 2.75) is 0 Å². The molecule has 0 saturated carbocycles. The molecule has 0 radical (unpaired) electrons. The van der Waals surface area contributed by atoms with Crippen molar-refractivity contribution in [3.05, 3.63) is 62.9 Å². The number of benzene rings is 2. The lowest BCUT2D eigenvalue weighted by molar-refractivity contribution is 0.103. The van der Waals surface area contributed by atoms with Crippen LogP contribution in [-0.4, -0.2) is 5.91 Å².